The average molecular weight is 268 g/mol. The maximum atomic E-state index is 5.73. The molecule has 0 amide bonds. The molecule has 0 radical (unpaired) electrons. The minimum Gasteiger partial charge on any atom is -0.376 e. The third-order valence-corrected chi connectivity index (χ3v) is 4.93. The summed E-state index contributed by atoms with van der Waals surface area (Å²) >= 11 is 0. The summed E-state index contributed by atoms with van der Waals surface area (Å²) in [6.07, 6.45) is 8.48. The fraction of sp³-hybridized carbons (Fsp3) is 1.00. The molecule has 4 nitrogen and oxygen atoms in total. The van der Waals surface area contributed by atoms with E-state index in [1.54, 1.807) is 0 Å². The Morgan fingerprint density at radius 1 is 1.05 bits per heavy atom. The lowest BCUT2D eigenvalue weighted by Gasteiger charge is -2.37. The first-order valence-corrected chi connectivity index (χ1v) is 8.09. The number of rotatable bonds is 4. The van der Waals surface area contributed by atoms with Crippen molar-refractivity contribution in [3.05, 3.63) is 0 Å². The van der Waals surface area contributed by atoms with Crippen LogP contribution in [-0.2, 0) is 9.47 Å². The van der Waals surface area contributed by atoms with Crippen LogP contribution in [0.5, 0.6) is 0 Å². The van der Waals surface area contributed by atoms with Crippen molar-refractivity contribution >= 4 is 0 Å². The van der Waals surface area contributed by atoms with Gasteiger partial charge in [0.1, 0.15) is 0 Å². The molecule has 0 aromatic heterocycles. The Labute approximate surface area is 116 Å². The second-order valence-corrected chi connectivity index (χ2v) is 6.23. The van der Waals surface area contributed by atoms with Gasteiger partial charge in [0, 0.05) is 18.6 Å². The van der Waals surface area contributed by atoms with Gasteiger partial charge in [-0.1, -0.05) is 12.8 Å². The summed E-state index contributed by atoms with van der Waals surface area (Å²) in [7, 11) is 0. The van der Waals surface area contributed by atoms with E-state index in [4.69, 9.17) is 9.47 Å². The van der Waals surface area contributed by atoms with Gasteiger partial charge in [-0.15, -0.1) is 0 Å². The van der Waals surface area contributed by atoms with E-state index in [9.17, 15) is 0 Å². The van der Waals surface area contributed by atoms with E-state index < -0.39 is 0 Å². The Hall–Kier alpha value is -0.160. The highest BCUT2D eigenvalue weighted by atomic mass is 16.6. The smallest absolute Gasteiger partial charge is 0.0933 e. The van der Waals surface area contributed by atoms with Crippen LogP contribution >= 0.6 is 0 Å². The molecule has 4 heteroatoms. The SMILES string of the molecule is C1CNC(C2CCCCC2NCC2COCCO2)C1. The van der Waals surface area contributed by atoms with E-state index in [0.717, 1.165) is 38.3 Å². The van der Waals surface area contributed by atoms with Crippen molar-refractivity contribution in [2.45, 2.75) is 56.7 Å². The van der Waals surface area contributed by atoms with E-state index in [2.05, 4.69) is 10.6 Å². The predicted octanol–water partition coefficient (Wildman–Crippen LogP) is 1.30. The molecule has 2 heterocycles. The van der Waals surface area contributed by atoms with Crippen molar-refractivity contribution in [1.82, 2.24) is 10.6 Å². The molecule has 1 saturated carbocycles. The van der Waals surface area contributed by atoms with Crippen LogP contribution in [0.3, 0.4) is 0 Å². The van der Waals surface area contributed by atoms with Crippen LogP contribution < -0.4 is 10.6 Å². The van der Waals surface area contributed by atoms with Crippen LogP contribution in [0.15, 0.2) is 0 Å². The number of nitrogens with one attached hydrogen (secondary N) is 2. The molecule has 0 aromatic rings. The number of ether oxygens (including phenoxy) is 2. The second kappa shape index (κ2) is 7.02. The topological polar surface area (TPSA) is 42.5 Å². The predicted molar refractivity (Wildman–Crippen MR) is 75.3 cm³/mol. The van der Waals surface area contributed by atoms with Crippen LogP contribution in [0.1, 0.15) is 38.5 Å². The van der Waals surface area contributed by atoms with Crippen LogP contribution in [0, 0.1) is 5.92 Å². The van der Waals surface area contributed by atoms with Gasteiger partial charge in [-0.3, -0.25) is 0 Å². The molecular formula is C15H28N2O2. The Bertz CT molecular complexity index is 263. The zero-order valence-electron chi connectivity index (χ0n) is 11.9. The van der Waals surface area contributed by atoms with Gasteiger partial charge in [0.15, 0.2) is 0 Å². The van der Waals surface area contributed by atoms with Crippen LogP contribution in [0.4, 0.5) is 0 Å². The lowest BCUT2D eigenvalue weighted by Crippen LogP contribution is -2.50. The van der Waals surface area contributed by atoms with Gasteiger partial charge < -0.3 is 20.1 Å². The highest BCUT2D eigenvalue weighted by molar-refractivity contribution is 4.91. The molecule has 3 rings (SSSR count). The Kier molecular flexibility index (Phi) is 5.10. The summed E-state index contributed by atoms with van der Waals surface area (Å²) in [5.41, 5.74) is 0. The highest BCUT2D eigenvalue weighted by Crippen LogP contribution is 2.30. The largest absolute Gasteiger partial charge is 0.376 e. The molecule has 0 bridgehead atoms. The van der Waals surface area contributed by atoms with Gasteiger partial charge in [-0.2, -0.15) is 0 Å². The van der Waals surface area contributed by atoms with Crippen molar-refractivity contribution in [3.8, 4) is 0 Å². The molecule has 0 spiro atoms. The molecular weight excluding hydrogens is 240 g/mol. The van der Waals surface area contributed by atoms with Crippen molar-refractivity contribution < 1.29 is 9.47 Å². The molecule has 2 saturated heterocycles. The van der Waals surface area contributed by atoms with Crippen molar-refractivity contribution in [3.63, 3.8) is 0 Å². The first kappa shape index (κ1) is 13.8. The molecule has 4 unspecified atom stereocenters. The van der Waals surface area contributed by atoms with Gasteiger partial charge in [0.05, 0.1) is 25.9 Å². The number of hydrogen-bond donors (Lipinski definition) is 2. The molecule has 2 N–H and O–H groups in total. The second-order valence-electron chi connectivity index (χ2n) is 6.23. The minimum absolute atomic E-state index is 0.257. The van der Waals surface area contributed by atoms with Gasteiger partial charge in [0.25, 0.3) is 0 Å². The lowest BCUT2D eigenvalue weighted by atomic mass is 9.79. The summed E-state index contributed by atoms with van der Waals surface area (Å²) in [5.74, 6) is 0.820. The molecule has 3 fully saturated rings. The van der Waals surface area contributed by atoms with E-state index in [1.165, 1.54) is 45.1 Å². The minimum atomic E-state index is 0.257. The molecule has 19 heavy (non-hydrogen) atoms. The highest BCUT2D eigenvalue weighted by Gasteiger charge is 2.33. The zero-order valence-corrected chi connectivity index (χ0v) is 11.9. The van der Waals surface area contributed by atoms with Gasteiger partial charge in [-0.05, 0) is 38.1 Å². The fourth-order valence-corrected chi connectivity index (χ4v) is 3.91. The molecule has 3 aliphatic rings. The monoisotopic (exact) mass is 268 g/mol. The Morgan fingerprint density at radius 2 is 2.00 bits per heavy atom. The zero-order chi connectivity index (χ0) is 12.9. The summed E-state index contributed by atoms with van der Waals surface area (Å²) in [6, 6.07) is 1.43. The Balaban J connectivity index is 1.48. The van der Waals surface area contributed by atoms with Gasteiger partial charge in [0.2, 0.25) is 0 Å². The Morgan fingerprint density at radius 3 is 2.79 bits per heavy atom. The van der Waals surface area contributed by atoms with Crippen molar-refractivity contribution in [2.24, 2.45) is 5.92 Å². The van der Waals surface area contributed by atoms with Crippen LogP contribution in [0.2, 0.25) is 0 Å². The molecule has 2 aliphatic heterocycles. The first-order chi connectivity index (χ1) is 9.43. The fourth-order valence-electron chi connectivity index (χ4n) is 3.91. The van der Waals surface area contributed by atoms with E-state index in [1.807, 2.05) is 0 Å². The third-order valence-electron chi connectivity index (χ3n) is 4.93. The number of hydrogen-bond acceptors (Lipinski definition) is 4. The van der Waals surface area contributed by atoms with Gasteiger partial charge in [-0.25, -0.2) is 0 Å². The van der Waals surface area contributed by atoms with E-state index in [-0.39, 0.29) is 6.10 Å². The summed E-state index contributed by atoms with van der Waals surface area (Å²) < 4.78 is 11.2. The normalized spacial score (nSPS) is 40.4. The first-order valence-electron chi connectivity index (χ1n) is 8.09. The van der Waals surface area contributed by atoms with Gasteiger partial charge >= 0.3 is 0 Å². The van der Waals surface area contributed by atoms with E-state index >= 15 is 0 Å². The summed E-state index contributed by atoms with van der Waals surface area (Å²) in [4.78, 5) is 0. The van der Waals surface area contributed by atoms with Crippen molar-refractivity contribution in [2.75, 3.05) is 32.9 Å². The maximum absolute atomic E-state index is 5.73. The standard InChI is InChI=1S/C15H28N2O2/c1-2-5-15(13(4-1)14-6-3-7-16-14)17-10-12-11-18-8-9-19-12/h12-17H,1-11H2. The lowest BCUT2D eigenvalue weighted by molar-refractivity contribution is -0.0879. The third kappa shape index (κ3) is 3.69. The van der Waals surface area contributed by atoms with Crippen molar-refractivity contribution in [1.29, 1.82) is 0 Å². The average Bonchev–Trinajstić information content (AvgIpc) is 3.01. The quantitative estimate of drug-likeness (QED) is 0.806. The summed E-state index contributed by atoms with van der Waals surface area (Å²) in [5, 5.41) is 7.47. The molecule has 4 atom stereocenters. The maximum Gasteiger partial charge on any atom is 0.0933 e. The van der Waals surface area contributed by atoms with E-state index in [0.29, 0.717) is 6.04 Å². The molecule has 0 aromatic carbocycles. The molecule has 1 aliphatic carbocycles. The molecule has 110 valence electrons. The summed E-state index contributed by atoms with van der Waals surface area (Å²) in [6.45, 7) is 4.44. The van der Waals surface area contributed by atoms with Crippen LogP contribution in [0.25, 0.3) is 0 Å². The van der Waals surface area contributed by atoms with Crippen LogP contribution in [-0.4, -0.2) is 51.1 Å².